The van der Waals surface area contributed by atoms with Gasteiger partial charge in [0.15, 0.2) is 4.21 Å². The third-order valence-corrected chi connectivity index (χ3v) is 5.82. The summed E-state index contributed by atoms with van der Waals surface area (Å²) in [6.07, 6.45) is 0.718. The minimum absolute atomic E-state index is 0.132. The zero-order chi connectivity index (χ0) is 13.1. The molecule has 1 rings (SSSR count). The quantitative estimate of drug-likeness (QED) is 0.847. The van der Waals surface area contributed by atoms with Crippen LogP contribution in [-0.2, 0) is 10.0 Å². The van der Waals surface area contributed by atoms with Gasteiger partial charge >= 0.3 is 0 Å². The molecule has 0 aliphatic rings. The molecule has 7 heteroatoms. The second kappa shape index (κ2) is 5.90. The van der Waals surface area contributed by atoms with Gasteiger partial charge in [-0.3, -0.25) is 0 Å². The molecule has 0 aliphatic heterocycles. The van der Waals surface area contributed by atoms with Crippen molar-refractivity contribution >= 4 is 21.4 Å². The van der Waals surface area contributed by atoms with Gasteiger partial charge in [-0.1, -0.05) is 6.92 Å². The van der Waals surface area contributed by atoms with Gasteiger partial charge in [0.2, 0.25) is 0 Å². The topological polar surface area (TPSA) is 70.5 Å². The van der Waals surface area contributed by atoms with Gasteiger partial charge in [0.25, 0.3) is 10.0 Å². The highest BCUT2D eigenvalue weighted by Gasteiger charge is 2.27. The summed E-state index contributed by atoms with van der Waals surface area (Å²) in [7, 11) is -3.51. The summed E-state index contributed by atoms with van der Waals surface area (Å²) in [6, 6.07) is 0. The lowest BCUT2D eigenvalue weighted by Crippen LogP contribution is -2.34. The Morgan fingerprint density at radius 1 is 1.35 bits per heavy atom. The molecule has 0 unspecified atom stereocenters. The van der Waals surface area contributed by atoms with Crippen LogP contribution in [0.15, 0.2) is 4.21 Å². The van der Waals surface area contributed by atoms with Crippen molar-refractivity contribution in [1.82, 2.24) is 9.29 Å². The Hall–Kier alpha value is -0.500. The molecule has 98 valence electrons. The first-order valence-electron chi connectivity index (χ1n) is 5.48. The van der Waals surface area contributed by atoms with Crippen molar-refractivity contribution in [2.75, 3.05) is 19.7 Å². The van der Waals surface area contributed by atoms with E-state index in [1.807, 2.05) is 6.92 Å². The lowest BCUT2D eigenvalue weighted by molar-refractivity contribution is 0.253. The fourth-order valence-corrected chi connectivity index (χ4v) is 4.72. The molecule has 1 aromatic rings. The summed E-state index contributed by atoms with van der Waals surface area (Å²) in [5, 5.41) is 9.67. The monoisotopic (exact) mass is 278 g/mol. The lowest BCUT2D eigenvalue weighted by atomic mass is 10.5. The van der Waals surface area contributed by atoms with Crippen LogP contribution in [0.25, 0.3) is 0 Å². The molecule has 5 nitrogen and oxygen atoms in total. The van der Waals surface area contributed by atoms with Crippen LogP contribution in [0.2, 0.25) is 0 Å². The maximum atomic E-state index is 12.3. The Kier molecular flexibility index (Phi) is 5.05. The molecular formula is C10H18N2O3S2. The molecular weight excluding hydrogens is 260 g/mol. The van der Waals surface area contributed by atoms with Crippen molar-refractivity contribution in [3.63, 3.8) is 0 Å². The van der Waals surface area contributed by atoms with Gasteiger partial charge < -0.3 is 5.11 Å². The fraction of sp³-hybridized carbons (Fsp3) is 0.700. The van der Waals surface area contributed by atoms with Crippen LogP contribution >= 0.6 is 11.3 Å². The number of rotatable bonds is 6. The van der Waals surface area contributed by atoms with Crippen molar-refractivity contribution in [3.8, 4) is 0 Å². The maximum absolute atomic E-state index is 12.3. The summed E-state index contributed by atoms with van der Waals surface area (Å²) in [5.74, 6) is 0. The molecule has 0 aromatic carbocycles. The number of hydrogen-bond donors (Lipinski definition) is 1. The third-order valence-electron chi connectivity index (χ3n) is 2.26. The number of nitrogens with zero attached hydrogens (tertiary/aromatic N) is 2. The highest BCUT2D eigenvalue weighted by atomic mass is 32.2. The van der Waals surface area contributed by atoms with Crippen molar-refractivity contribution in [2.45, 2.75) is 31.4 Å². The fourth-order valence-electron chi connectivity index (χ4n) is 1.58. The van der Waals surface area contributed by atoms with Crippen LogP contribution in [0.5, 0.6) is 0 Å². The first-order valence-corrected chi connectivity index (χ1v) is 7.74. The van der Waals surface area contributed by atoms with E-state index >= 15 is 0 Å². The van der Waals surface area contributed by atoms with E-state index in [-0.39, 0.29) is 17.4 Å². The van der Waals surface area contributed by atoms with Crippen molar-refractivity contribution in [2.24, 2.45) is 0 Å². The highest BCUT2D eigenvalue weighted by Crippen LogP contribution is 2.26. The average molecular weight is 278 g/mol. The number of aromatic nitrogens is 1. The Labute approximate surface area is 106 Å². The van der Waals surface area contributed by atoms with E-state index in [1.54, 1.807) is 13.8 Å². The number of aryl methyl sites for hydroxylation is 2. The predicted octanol–water partition coefficient (Wildman–Crippen LogP) is 1.15. The van der Waals surface area contributed by atoms with Crippen LogP contribution in [-0.4, -0.2) is 42.5 Å². The molecule has 0 aliphatic carbocycles. The third kappa shape index (κ3) is 3.25. The van der Waals surface area contributed by atoms with E-state index in [4.69, 9.17) is 5.11 Å². The molecule has 0 radical (unpaired) electrons. The van der Waals surface area contributed by atoms with Crippen LogP contribution in [0.3, 0.4) is 0 Å². The van der Waals surface area contributed by atoms with Gasteiger partial charge in [-0.25, -0.2) is 13.4 Å². The number of sulfonamides is 1. The molecule has 0 saturated carbocycles. The molecule has 1 aromatic heterocycles. The smallest absolute Gasteiger partial charge is 0.254 e. The lowest BCUT2D eigenvalue weighted by Gasteiger charge is -2.19. The number of aliphatic hydroxyl groups is 1. The largest absolute Gasteiger partial charge is 0.395 e. The van der Waals surface area contributed by atoms with Crippen LogP contribution < -0.4 is 0 Å². The molecule has 1 N–H and O–H groups in total. The Bertz CT molecular complexity index is 462. The number of thiazole rings is 1. The van der Waals surface area contributed by atoms with Crippen LogP contribution in [0.1, 0.15) is 24.0 Å². The van der Waals surface area contributed by atoms with E-state index < -0.39 is 10.0 Å². The molecule has 0 amide bonds. The van der Waals surface area contributed by atoms with Gasteiger partial charge in [-0.05, 0) is 20.3 Å². The summed E-state index contributed by atoms with van der Waals surface area (Å²) in [4.78, 5) is 4.13. The average Bonchev–Trinajstić information content (AvgIpc) is 2.58. The van der Waals surface area contributed by atoms with Crippen molar-refractivity contribution < 1.29 is 13.5 Å². The van der Waals surface area contributed by atoms with Gasteiger partial charge in [0.05, 0.1) is 17.3 Å². The number of hydrogen-bond acceptors (Lipinski definition) is 5. The maximum Gasteiger partial charge on any atom is 0.254 e. The molecule has 1 heterocycles. The first kappa shape index (κ1) is 14.6. The molecule has 0 spiro atoms. The van der Waals surface area contributed by atoms with Gasteiger partial charge in [-0.2, -0.15) is 4.31 Å². The summed E-state index contributed by atoms with van der Waals surface area (Å²) in [6.45, 7) is 5.76. The summed E-state index contributed by atoms with van der Waals surface area (Å²) < 4.78 is 26.3. The number of aliphatic hydroxyl groups excluding tert-OH is 1. The highest BCUT2D eigenvalue weighted by molar-refractivity contribution is 7.91. The normalized spacial score (nSPS) is 12.3. The molecule has 0 fully saturated rings. The minimum atomic E-state index is -3.51. The van der Waals surface area contributed by atoms with Gasteiger partial charge in [0.1, 0.15) is 0 Å². The minimum Gasteiger partial charge on any atom is -0.395 e. The Morgan fingerprint density at radius 2 is 2.00 bits per heavy atom. The Morgan fingerprint density at radius 3 is 2.41 bits per heavy atom. The van der Waals surface area contributed by atoms with E-state index in [1.165, 1.54) is 15.6 Å². The second-order valence-electron chi connectivity index (χ2n) is 3.73. The van der Waals surface area contributed by atoms with Gasteiger partial charge in [-0.15, -0.1) is 11.3 Å². The zero-order valence-corrected chi connectivity index (χ0v) is 11.9. The zero-order valence-electron chi connectivity index (χ0n) is 10.3. The van der Waals surface area contributed by atoms with Crippen molar-refractivity contribution in [1.29, 1.82) is 0 Å². The molecule has 17 heavy (non-hydrogen) atoms. The molecule has 0 saturated heterocycles. The Balaban J connectivity index is 3.11. The molecule has 0 bridgehead atoms. The van der Waals surface area contributed by atoms with Gasteiger partial charge in [0, 0.05) is 13.1 Å². The summed E-state index contributed by atoms with van der Waals surface area (Å²) in [5.41, 5.74) is 0.534. The van der Waals surface area contributed by atoms with Crippen LogP contribution in [0, 0.1) is 13.8 Å². The molecule has 0 atom stereocenters. The standard InChI is InChI=1S/C10H18N2O3S2/c1-4-5-12(6-7-13)17(14,15)10-8(2)11-9(3)16-10/h13H,4-7H2,1-3H3. The summed E-state index contributed by atoms with van der Waals surface area (Å²) >= 11 is 1.18. The van der Waals surface area contributed by atoms with E-state index in [2.05, 4.69) is 4.98 Å². The van der Waals surface area contributed by atoms with E-state index in [0.717, 1.165) is 11.4 Å². The first-order chi connectivity index (χ1) is 7.93. The predicted molar refractivity (Wildman–Crippen MR) is 67.7 cm³/mol. The van der Waals surface area contributed by atoms with E-state index in [0.29, 0.717) is 12.2 Å². The second-order valence-corrected chi connectivity index (χ2v) is 7.07. The van der Waals surface area contributed by atoms with Crippen molar-refractivity contribution in [3.05, 3.63) is 10.7 Å². The van der Waals surface area contributed by atoms with Crippen LogP contribution in [0.4, 0.5) is 0 Å². The van der Waals surface area contributed by atoms with E-state index in [9.17, 15) is 8.42 Å². The SMILES string of the molecule is CCCN(CCO)S(=O)(=O)c1sc(C)nc1C.